The minimum Gasteiger partial charge on any atom is -0.451 e. The topological polar surface area (TPSA) is 59.3 Å². The van der Waals surface area contributed by atoms with Crippen molar-refractivity contribution < 1.29 is 14.0 Å². The number of ketones is 1. The van der Waals surface area contributed by atoms with Crippen LogP contribution < -0.4 is 5.32 Å². The van der Waals surface area contributed by atoms with Gasteiger partial charge in [-0.25, -0.2) is 0 Å². The molecule has 1 N–H and O–H groups in total. The van der Waals surface area contributed by atoms with E-state index in [4.69, 9.17) is 4.42 Å². The number of anilines is 1. The SMILES string of the molecule is Cc1c(C(=O)Nc2ccccc2C(=O)c2ccccc2)oc2ccccc12. The lowest BCUT2D eigenvalue weighted by molar-refractivity contribution is 0.0998. The predicted octanol–water partition coefficient (Wildman–Crippen LogP) is 5.22. The monoisotopic (exact) mass is 355 g/mol. The molecule has 4 nitrogen and oxygen atoms in total. The van der Waals surface area contributed by atoms with E-state index in [1.54, 1.807) is 36.4 Å². The van der Waals surface area contributed by atoms with Gasteiger partial charge in [0, 0.05) is 22.1 Å². The Balaban J connectivity index is 1.68. The molecule has 0 aliphatic carbocycles. The van der Waals surface area contributed by atoms with Crippen LogP contribution in [0.25, 0.3) is 11.0 Å². The lowest BCUT2D eigenvalue weighted by atomic mass is 10.0. The number of nitrogens with one attached hydrogen (secondary N) is 1. The molecule has 1 amide bonds. The molecular formula is C23H17NO3. The van der Waals surface area contributed by atoms with Crippen molar-refractivity contribution in [1.82, 2.24) is 0 Å². The van der Waals surface area contributed by atoms with E-state index in [-0.39, 0.29) is 17.5 Å². The second kappa shape index (κ2) is 6.92. The summed E-state index contributed by atoms with van der Waals surface area (Å²) >= 11 is 0. The maximum Gasteiger partial charge on any atom is 0.291 e. The number of carbonyl (C=O) groups excluding carboxylic acids is 2. The van der Waals surface area contributed by atoms with Gasteiger partial charge in [0.1, 0.15) is 5.58 Å². The molecule has 0 saturated carbocycles. The quantitative estimate of drug-likeness (QED) is 0.510. The molecule has 0 aliphatic heterocycles. The number of para-hydroxylation sites is 2. The summed E-state index contributed by atoms with van der Waals surface area (Å²) in [6.45, 7) is 1.85. The second-order valence-corrected chi connectivity index (χ2v) is 6.25. The minimum atomic E-state index is -0.378. The van der Waals surface area contributed by atoms with E-state index >= 15 is 0 Å². The molecule has 4 rings (SSSR count). The molecule has 132 valence electrons. The Morgan fingerprint density at radius 2 is 1.48 bits per heavy atom. The Bertz CT molecular complexity index is 1140. The zero-order chi connectivity index (χ0) is 18.8. The number of fused-ring (bicyclic) bond motifs is 1. The molecule has 0 unspecified atom stereocenters. The highest BCUT2D eigenvalue weighted by Crippen LogP contribution is 2.26. The smallest absolute Gasteiger partial charge is 0.291 e. The molecular weight excluding hydrogens is 338 g/mol. The van der Waals surface area contributed by atoms with Crippen LogP contribution in [0.5, 0.6) is 0 Å². The average Bonchev–Trinajstić information content (AvgIpc) is 3.06. The average molecular weight is 355 g/mol. The van der Waals surface area contributed by atoms with Crippen LogP contribution in [0.2, 0.25) is 0 Å². The van der Waals surface area contributed by atoms with E-state index in [1.165, 1.54) is 0 Å². The lowest BCUT2D eigenvalue weighted by Gasteiger charge is -2.10. The van der Waals surface area contributed by atoms with Crippen LogP contribution in [0.15, 0.2) is 83.3 Å². The fourth-order valence-electron chi connectivity index (χ4n) is 3.11. The van der Waals surface area contributed by atoms with Crippen molar-refractivity contribution in [1.29, 1.82) is 0 Å². The third-order valence-corrected chi connectivity index (χ3v) is 4.51. The zero-order valence-corrected chi connectivity index (χ0v) is 14.7. The van der Waals surface area contributed by atoms with E-state index in [0.717, 1.165) is 10.9 Å². The van der Waals surface area contributed by atoms with Crippen molar-refractivity contribution >= 4 is 28.3 Å². The molecule has 0 radical (unpaired) electrons. The number of rotatable bonds is 4. The van der Waals surface area contributed by atoms with Gasteiger partial charge in [-0.15, -0.1) is 0 Å². The predicted molar refractivity (Wildman–Crippen MR) is 105 cm³/mol. The Kier molecular flexibility index (Phi) is 4.30. The number of hydrogen-bond acceptors (Lipinski definition) is 3. The molecule has 27 heavy (non-hydrogen) atoms. The van der Waals surface area contributed by atoms with Crippen molar-refractivity contribution in [3.05, 3.63) is 101 Å². The maximum atomic E-state index is 12.8. The van der Waals surface area contributed by atoms with E-state index in [1.807, 2.05) is 49.4 Å². The Morgan fingerprint density at radius 3 is 2.26 bits per heavy atom. The summed E-state index contributed by atoms with van der Waals surface area (Å²) in [5.41, 5.74) is 2.89. The highest BCUT2D eigenvalue weighted by atomic mass is 16.3. The van der Waals surface area contributed by atoms with Crippen molar-refractivity contribution in [2.24, 2.45) is 0 Å². The summed E-state index contributed by atoms with van der Waals surface area (Å²) in [5, 5.41) is 3.73. The summed E-state index contributed by atoms with van der Waals surface area (Å²) in [5.74, 6) is -0.275. The van der Waals surface area contributed by atoms with Gasteiger partial charge in [-0.05, 0) is 25.1 Å². The summed E-state index contributed by atoms with van der Waals surface area (Å²) in [4.78, 5) is 25.6. The standard InChI is InChI=1S/C23H17NO3/c1-15-17-11-6-8-14-20(17)27-22(15)23(26)24-19-13-7-5-12-18(19)21(25)16-9-3-2-4-10-16/h2-14H,1H3,(H,24,26). The van der Waals surface area contributed by atoms with Gasteiger partial charge in [-0.2, -0.15) is 0 Å². The second-order valence-electron chi connectivity index (χ2n) is 6.25. The van der Waals surface area contributed by atoms with E-state index in [0.29, 0.717) is 22.4 Å². The lowest BCUT2D eigenvalue weighted by Crippen LogP contribution is -2.15. The molecule has 4 heteroatoms. The van der Waals surface area contributed by atoms with Gasteiger partial charge in [-0.3, -0.25) is 9.59 Å². The fourth-order valence-corrected chi connectivity index (χ4v) is 3.11. The number of aryl methyl sites for hydroxylation is 1. The highest BCUT2D eigenvalue weighted by Gasteiger charge is 2.20. The van der Waals surface area contributed by atoms with Gasteiger partial charge in [0.2, 0.25) is 0 Å². The normalized spacial score (nSPS) is 10.7. The highest BCUT2D eigenvalue weighted by molar-refractivity contribution is 6.15. The molecule has 0 saturated heterocycles. The third kappa shape index (κ3) is 3.13. The van der Waals surface area contributed by atoms with Crippen LogP contribution in [0.4, 0.5) is 5.69 Å². The van der Waals surface area contributed by atoms with Gasteiger partial charge in [0.15, 0.2) is 11.5 Å². The number of hydrogen-bond donors (Lipinski definition) is 1. The summed E-state index contributed by atoms with van der Waals surface area (Å²) < 4.78 is 5.72. The number of amides is 1. The zero-order valence-electron chi connectivity index (χ0n) is 14.7. The molecule has 0 fully saturated rings. The van der Waals surface area contributed by atoms with Crippen molar-refractivity contribution in [3.8, 4) is 0 Å². The van der Waals surface area contributed by atoms with Crippen LogP contribution in [-0.4, -0.2) is 11.7 Å². The first-order valence-electron chi connectivity index (χ1n) is 8.63. The van der Waals surface area contributed by atoms with Crippen LogP contribution in [0.3, 0.4) is 0 Å². The van der Waals surface area contributed by atoms with Gasteiger partial charge in [-0.1, -0.05) is 60.7 Å². The first-order chi connectivity index (χ1) is 13.1. The van der Waals surface area contributed by atoms with Crippen LogP contribution in [-0.2, 0) is 0 Å². The molecule has 3 aromatic carbocycles. The van der Waals surface area contributed by atoms with Crippen LogP contribution in [0, 0.1) is 6.92 Å². The Hall–Kier alpha value is -3.66. The largest absolute Gasteiger partial charge is 0.451 e. The maximum absolute atomic E-state index is 12.8. The number of furan rings is 1. The van der Waals surface area contributed by atoms with E-state index in [2.05, 4.69) is 5.32 Å². The fraction of sp³-hybridized carbons (Fsp3) is 0.0435. The van der Waals surface area contributed by atoms with Crippen molar-refractivity contribution in [2.75, 3.05) is 5.32 Å². The minimum absolute atomic E-state index is 0.146. The van der Waals surface area contributed by atoms with Gasteiger partial charge in [0.25, 0.3) is 5.91 Å². The molecule has 0 atom stereocenters. The molecule has 0 bridgehead atoms. The van der Waals surface area contributed by atoms with Crippen LogP contribution in [0.1, 0.15) is 32.0 Å². The number of benzene rings is 3. The Morgan fingerprint density at radius 1 is 0.815 bits per heavy atom. The first-order valence-corrected chi connectivity index (χ1v) is 8.63. The summed E-state index contributed by atoms with van der Waals surface area (Å²) in [7, 11) is 0. The number of carbonyl (C=O) groups is 2. The van der Waals surface area contributed by atoms with Gasteiger partial charge < -0.3 is 9.73 Å². The molecule has 0 aliphatic rings. The van der Waals surface area contributed by atoms with Crippen molar-refractivity contribution in [3.63, 3.8) is 0 Å². The third-order valence-electron chi connectivity index (χ3n) is 4.51. The van der Waals surface area contributed by atoms with Gasteiger partial charge in [0.05, 0.1) is 5.69 Å². The van der Waals surface area contributed by atoms with E-state index < -0.39 is 0 Å². The van der Waals surface area contributed by atoms with Crippen molar-refractivity contribution in [2.45, 2.75) is 6.92 Å². The molecule has 4 aromatic rings. The molecule has 1 aromatic heterocycles. The summed E-state index contributed by atoms with van der Waals surface area (Å²) in [6.07, 6.45) is 0. The van der Waals surface area contributed by atoms with Crippen LogP contribution >= 0.6 is 0 Å². The molecule has 1 heterocycles. The van der Waals surface area contributed by atoms with Gasteiger partial charge >= 0.3 is 0 Å². The molecule has 0 spiro atoms. The summed E-state index contributed by atoms with van der Waals surface area (Å²) in [6, 6.07) is 23.5. The van der Waals surface area contributed by atoms with E-state index in [9.17, 15) is 9.59 Å². The Labute approximate surface area is 156 Å². The first kappa shape index (κ1) is 16.8.